The average Bonchev–Trinajstić information content (AvgIpc) is 2.26. The summed E-state index contributed by atoms with van der Waals surface area (Å²) in [6, 6.07) is 5.40. The first-order chi connectivity index (χ1) is 7.31. The Labute approximate surface area is 89.5 Å². The van der Waals surface area contributed by atoms with Crippen LogP contribution in [0.5, 0.6) is 5.75 Å². The molecule has 1 aliphatic heterocycles. The zero-order valence-electron chi connectivity index (χ0n) is 8.86. The maximum Gasteiger partial charge on any atom is 0.117 e. The number of aromatic hydroxyl groups is 1. The normalized spacial score (nSPS) is 14.6. The molecule has 0 fully saturated rings. The summed E-state index contributed by atoms with van der Waals surface area (Å²) in [7, 11) is 1.70. The molecule has 0 aliphatic carbocycles. The number of nitrogens with zero attached hydrogens (tertiary/aromatic N) is 1. The van der Waals surface area contributed by atoms with Gasteiger partial charge in [-0.25, -0.2) is 0 Å². The zero-order valence-corrected chi connectivity index (χ0v) is 8.86. The largest absolute Gasteiger partial charge is 0.508 e. The Balaban J connectivity index is 2.20. The summed E-state index contributed by atoms with van der Waals surface area (Å²) in [5.41, 5.74) is 2.13. The average molecular weight is 208 g/mol. The number of ether oxygens (including phenoxy) is 1. The van der Waals surface area contributed by atoms with Crippen LogP contribution in [-0.4, -0.2) is 38.5 Å². The second-order valence-electron chi connectivity index (χ2n) is 3.61. The molecule has 1 aromatic rings. The Bertz CT molecular complexity index is 341. The summed E-state index contributed by atoms with van der Waals surface area (Å²) >= 11 is 0. The summed E-state index contributed by atoms with van der Waals surface area (Å²) in [5, 5.41) is 12.7. The molecule has 0 saturated heterocycles. The van der Waals surface area contributed by atoms with E-state index in [0.29, 0.717) is 12.4 Å². The second kappa shape index (κ2) is 4.40. The number of phenols is 1. The molecule has 82 valence electrons. The predicted octanol–water partition coefficient (Wildman–Crippen LogP) is 1.27. The van der Waals surface area contributed by atoms with E-state index in [1.165, 1.54) is 0 Å². The van der Waals surface area contributed by atoms with Gasteiger partial charge < -0.3 is 20.1 Å². The standard InChI is InChI=1S/C11H16N2O2/c1-15-7-6-13-5-4-12-10-3-2-9(14)8-11(10)13/h2-3,8,12,14H,4-7H2,1H3. The number of phenolic OH excluding ortho intramolecular Hbond substituents is 1. The molecule has 0 unspecified atom stereocenters. The van der Waals surface area contributed by atoms with Gasteiger partial charge in [-0.15, -0.1) is 0 Å². The third-order valence-corrected chi connectivity index (χ3v) is 2.58. The van der Waals surface area contributed by atoms with E-state index in [1.807, 2.05) is 6.07 Å². The van der Waals surface area contributed by atoms with Crippen LogP contribution in [-0.2, 0) is 4.74 Å². The molecule has 0 bridgehead atoms. The monoisotopic (exact) mass is 208 g/mol. The van der Waals surface area contributed by atoms with Crippen LogP contribution in [0.3, 0.4) is 0 Å². The van der Waals surface area contributed by atoms with Gasteiger partial charge in [-0.2, -0.15) is 0 Å². The molecule has 4 heteroatoms. The minimum Gasteiger partial charge on any atom is -0.508 e. The predicted molar refractivity (Wildman–Crippen MR) is 60.7 cm³/mol. The fourth-order valence-electron chi connectivity index (χ4n) is 1.81. The Hall–Kier alpha value is -1.42. The molecule has 0 atom stereocenters. The van der Waals surface area contributed by atoms with Crippen molar-refractivity contribution in [2.75, 3.05) is 43.6 Å². The van der Waals surface area contributed by atoms with Crippen LogP contribution in [0.25, 0.3) is 0 Å². The van der Waals surface area contributed by atoms with Crippen molar-refractivity contribution in [3.8, 4) is 5.75 Å². The molecule has 4 nitrogen and oxygen atoms in total. The summed E-state index contributed by atoms with van der Waals surface area (Å²) in [6.07, 6.45) is 0. The van der Waals surface area contributed by atoms with Gasteiger partial charge in [-0.1, -0.05) is 0 Å². The van der Waals surface area contributed by atoms with E-state index < -0.39 is 0 Å². The molecule has 1 heterocycles. The third kappa shape index (κ3) is 2.15. The lowest BCUT2D eigenvalue weighted by Gasteiger charge is -2.31. The molecule has 2 rings (SSSR count). The third-order valence-electron chi connectivity index (χ3n) is 2.58. The highest BCUT2D eigenvalue weighted by Crippen LogP contribution is 2.31. The van der Waals surface area contributed by atoms with E-state index in [1.54, 1.807) is 19.2 Å². The first-order valence-corrected chi connectivity index (χ1v) is 5.12. The van der Waals surface area contributed by atoms with Crippen LogP contribution >= 0.6 is 0 Å². The van der Waals surface area contributed by atoms with E-state index in [9.17, 15) is 5.11 Å². The topological polar surface area (TPSA) is 44.7 Å². The summed E-state index contributed by atoms with van der Waals surface area (Å²) < 4.78 is 5.07. The summed E-state index contributed by atoms with van der Waals surface area (Å²) in [4.78, 5) is 2.22. The lowest BCUT2D eigenvalue weighted by Crippen LogP contribution is -2.36. The van der Waals surface area contributed by atoms with E-state index in [2.05, 4.69) is 10.2 Å². The van der Waals surface area contributed by atoms with Crippen molar-refractivity contribution in [3.05, 3.63) is 18.2 Å². The maximum absolute atomic E-state index is 9.45. The highest BCUT2D eigenvalue weighted by atomic mass is 16.5. The molecule has 0 amide bonds. The Morgan fingerprint density at radius 3 is 3.20 bits per heavy atom. The molecular weight excluding hydrogens is 192 g/mol. The van der Waals surface area contributed by atoms with Gasteiger partial charge >= 0.3 is 0 Å². The number of benzene rings is 1. The number of nitrogens with one attached hydrogen (secondary N) is 1. The van der Waals surface area contributed by atoms with Gasteiger partial charge in [0.2, 0.25) is 0 Å². The van der Waals surface area contributed by atoms with Gasteiger partial charge in [0.1, 0.15) is 5.75 Å². The van der Waals surface area contributed by atoms with Crippen LogP contribution in [0, 0.1) is 0 Å². The molecule has 2 N–H and O–H groups in total. The van der Waals surface area contributed by atoms with E-state index in [0.717, 1.165) is 31.0 Å². The van der Waals surface area contributed by atoms with Gasteiger partial charge in [-0.3, -0.25) is 0 Å². The lowest BCUT2D eigenvalue weighted by atomic mass is 10.2. The van der Waals surface area contributed by atoms with Crippen LogP contribution in [0.4, 0.5) is 11.4 Å². The highest BCUT2D eigenvalue weighted by molar-refractivity contribution is 5.73. The molecule has 0 saturated carbocycles. The molecular formula is C11H16N2O2. The van der Waals surface area contributed by atoms with Gasteiger partial charge in [0.15, 0.2) is 0 Å². The van der Waals surface area contributed by atoms with Gasteiger partial charge in [0.05, 0.1) is 18.0 Å². The first-order valence-electron chi connectivity index (χ1n) is 5.12. The SMILES string of the molecule is COCCN1CCNc2ccc(O)cc21. The molecule has 0 spiro atoms. The Kier molecular flexibility index (Phi) is 2.97. The lowest BCUT2D eigenvalue weighted by molar-refractivity contribution is 0.205. The van der Waals surface area contributed by atoms with Gasteiger partial charge in [-0.05, 0) is 12.1 Å². The number of rotatable bonds is 3. The second-order valence-corrected chi connectivity index (χ2v) is 3.61. The quantitative estimate of drug-likeness (QED) is 0.734. The van der Waals surface area contributed by atoms with Crippen molar-refractivity contribution in [2.45, 2.75) is 0 Å². The smallest absolute Gasteiger partial charge is 0.117 e. The minimum absolute atomic E-state index is 0.305. The van der Waals surface area contributed by atoms with Crippen LogP contribution in [0.1, 0.15) is 0 Å². The van der Waals surface area contributed by atoms with Crippen molar-refractivity contribution in [3.63, 3.8) is 0 Å². The number of methoxy groups -OCH3 is 1. The van der Waals surface area contributed by atoms with Crippen molar-refractivity contribution in [1.82, 2.24) is 0 Å². The first kappa shape index (κ1) is 10.1. The zero-order chi connectivity index (χ0) is 10.7. The Morgan fingerprint density at radius 2 is 2.40 bits per heavy atom. The van der Waals surface area contributed by atoms with E-state index in [4.69, 9.17) is 4.74 Å². The fourth-order valence-corrected chi connectivity index (χ4v) is 1.81. The molecule has 1 aromatic carbocycles. The van der Waals surface area contributed by atoms with Gasteiger partial charge in [0.25, 0.3) is 0 Å². The number of fused-ring (bicyclic) bond motifs is 1. The van der Waals surface area contributed by atoms with Crippen molar-refractivity contribution in [2.24, 2.45) is 0 Å². The van der Waals surface area contributed by atoms with Crippen molar-refractivity contribution >= 4 is 11.4 Å². The van der Waals surface area contributed by atoms with Crippen LogP contribution in [0.2, 0.25) is 0 Å². The molecule has 0 radical (unpaired) electrons. The maximum atomic E-state index is 9.45. The van der Waals surface area contributed by atoms with Crippen LogP contribution < -0.4 is 10.2 Å². The minimum atomic E-state index is 0.305. The number of anilines is 2. The molecule has 0 aromatic heterocycles. The van der Waals surface area contributed by atoms with Crippen molar-refractivity contribution < 1.29 is 9.84 Å². The van der Waals surface area contributed by atoms with E-state index in [-0.39, 0.29) is 0 Å². The van der Waals surface area contributed by atoms with Crippen molar-refractivity contribution in [1.29, 1.82) is 0 Å². The highest BCUT2D eigenvalue weighted by Gasteiger charge is 2.16. The molecule has 1 aliphatic rings. The summed E-state index contributed by atoms with van der Waals surface area (Å²) in [5.74, 6) is 0.305. The summed E-state index contributed by atoms with van der Waals surface area (Å²) in [6.45, 7) is 3.44. The fraction of sp³-hybridized carbons (Fsp3) is 0.455. The molecule has 15 heavy (non-hydrogen) atoms. The van der Waals surface area contributed by atoms with Crippen LogP contribution in [0.15, 0.2) is 18.2 Å². The number of hydrogen-bond donors (Lipinski definition) is 2. The Morgan fingerprint density at radius 1 is 1.53 bits per heavy atom. The van der Waals surface area contributed by atoms with E-state index >= 15 is 0 Å². The van der Waals surface area contributed by atoms with Gasteiger partial charge in [0, 0.05) is 32.8 Å². The number of hydrogen-bond acceptors (Lipinski definition) is 4.